The van der Waals surface area contributed by atoms with Crippen molar-refractivity contribution in [1.82, 2.24) is 0 Å². The fourth-order valence-electron chi connectivity index (χ4n) is 2.45. The lowest BCUT2D eigenvalue weighted by molar-refractivity contribution is 0.483. The summed E-state index contributed by atoms with van der Waals surface area (Å²) in [6.45, 7) is 0. The molecule has 0 spiro atoms. The number of anilines is 1. The van der Waals surface area contributed by atoms with Crippen LogP contribution < -0.4 is 10.5 Å². The lowest BCUT2D eigenvalue weighted by Crippen LogP contribution is -1.97. The fraction of sp³-hybridized carbons (Fsp3) is 0. The number of nitrogens with two attached hydrogens (primary N) is 1. The molecule has 0 atom stereocenters. The molecule has 0 unspecified atom stereocenters. The first kappa shape index (κ1) is 15.1. The third-order valence-corrected chi connectivity index (χ3v) is 3.60. The van der Waals surface area contributed by atoms with Crippen LogP contribution in [0.1, 0.15) is 11.1 Å². The van der Waals surface area contributed by atoms with Crippen LogP contribution >= 0.6 is 0 Å². The lowest BCUT2D eigenvalue weighted by atomic mass is 9.97. The zero-order chi connectivity index (χ0) is 16.9. The Hall–Kier alpha value is -3.76. The van der Waals surface area contributed by atoms with Gasteiger partial charge in [0.1, 0.15) is 23.5 Å². The molecule has 0 aliphatic rings. The van der Waals surface area contributed by atoms with Crippen LogP contribution in [-0.2, 0) is 0 Å². The molecule has 0 saturated carbocycles. The molecule has 0 aliphatic heterocycles. The number of rotatable bonds is 3. The van der Waals surface area contributed by atoms with Gasteiger partial charge in [0.15, 0.2) is 5.75 Å². The molecule has 2 N–H and O–H groups in total. The summed E-state index contributed by atoms with van der Waals surface area (Å²) in [7, 11) is 0. The van der Waals surface area contributed by atoms with Gasteiger partial charge in [-0.25, -0.2) is 0 Å². The summed E-state index contributed by atoms with van der Waals surface area (Å²) in [6, 6.07) is 23.9. The van der Waals surface area contributed by atoms with E-state index in [4.69, 9.17) is 10.5 Å². The summed E-state index contributed by atoms with van der Waals surface area (Å²) in [4.78, 5) is 0. The van der Waals surface area contributed by atoms with Gasteiger partial charge in [-0.05, 0) is 30.3 Å². The molecule has 0 aromatic heterocycles. The van der Waals surface area contributed by atoms with Gasteiger partial charge in [0, 0.05) is 16.8 Å². The van der Waals surface area contributed by atoms with E-state index in [9.17, 15) is 10.5 Å². The van der Waals surface area contributed by atoms with Gasteiger partial charge in [0.05, 0.1) is 5.56 Å². The summed E-state index contributed by atoms with van der Waals surface area (Å²) in [5.41, 5.74) is 8.54. The van der Waals surface area contributed by atoms with Crippen molar-refractivity contribution in [2.75, 3.05) is 5.73 Å². The van der Waals surface area contributed by atoms with Crippen LogP contribution in [0, 0.1) is 22.7 Å². The van der Waals surface area contributed by atoms with E-state index >= 15 is 0 Å². The molecule has 3 aromatic carbocycles. The van der Waals surface area contributed by atoms with Crippen LogP contribution in [0.2, 0.25) is 0 Å². The highest BCUT2D eigenvalue weighted by atomic mass is 16.5. The maximum Gasteiger partial charge on any atom is 0.154 e. The quantitative estimate of drug-likeness (QED) is 0.723. The van der Waals surface area contributed by atoms with Gasteiger partial charge in [0.2, 0.25) is 0 Å². The SMILES string of the molecule is N#Cc1ccc(-c2ccccc2N)c(Oc2ccccc2)c1C#N. The molecule has 3 aromatic rings. The van der Waals surface area contributed by atoms with Crippen molar-refractivity contribution in [3.05, 3.63) is 77.9 Å². The van der Waals surface area contributed by atoms with Gasteiger partial charge in [-0.1, -0.05) is 36.4 Å². The molecule has 0 radical (unpaired) electrons. The fourth-order valence-corrected chi connectivity index (χ4v) is 2.45. The second-order valence-electron chi connectivity index (χ2n) is 5.09. The lowest BCUT2D eigenvalue weighted by Gasteiger charge is -2.15. The topological polar surface area (TPSA) is 82.8 Å². The minimum absolute atomic E-state index is 0.196. The highest BCUT2D eigenvalue weighted by Gasteiger charge is 2.18. The number of ether oxygens (including phenoxy) is 1. The Kier molecular flexibility index (Phi) is 4.14. The molecule has 0 heterocycles. The standard InChI is InChI=1S/C20H13N3O/c21-12-14-10-11-17(16-8-4-5-9-19(16)23)20(18(14)13-22)24-15-6-2-1-3-7-15/h1-11H,23H2. The monoisotopic (exact) mass is 311 g/mol. The first-order valence-corrected chi connectivity index (χ1v) is 7.29. The molecule has 4 nitrogen and oxygen atoms in total. The molecule has 114 valence electrons. The van der Waals surface area contributed by atoms with Crippen LogP contribution in [0.4, 0.5) is 5.69 Å². The van der Waals surface area contributed by atoms with Crippen LogP contribution in [0.3, 0.4) is 0 Å². The summed E-state index contributed by atoms with van der Waals surface area (Å²) in [5, 5.41) is 18.8. The second-order valence-corrected chi connectivity index (χ2v) is 5.09. The Labute approximate surface area is 140 Å². The predicted octanol–water partition coefficient (Wildman–Crippen LogP) is 4.47. The summed E-state index contributed by atoms with van der Waals surface area (Å²) >= 11 is 0. The summed E-state index contributed by atoms with van der Waals surface area (Å²) in [5.74, 6) is 0.917. The molecule has 0 bridgehead atoms. The average Bonchev–Trinajstić information content (AvgIpc) is 2.63. The van der Waals surface area contributed by atoms with Crippen LogP contribution in [0.15, 0.2) is 66.7 Å². The zero-order valence-electron chi connectivity index (χ0n) is 12.7. The van der Waals surface area contributed by atoms with Gasteiger partial charge < -0.3 is 10.5 Å². The Morgan fingerprint density at radius 2 is 1.46 bits per heavy atom. The number of nitrogen functional groups attached to an aromatic ring is 1. The maximum absolute atomic E-state index is 9.54. The van der Waals surface area contributed by atoms with E-state index in [0.717, 1.165) is 5.56 Å². The number of hydrogen-bond donors (Lipinski definition) is 1. The number of para-hydroxylation sites is 2. The second kappa shape index (κ2) is 6.56. The normalized spacial score (nSPS) is 9.75. The predicted molar refractivity (Wildman–Crippen MR) is 92.2 cm³/mol. The van der Waals surface area contributed by atoms with Crippen molar-refractivity contribution in [3.8, 4) is 34.8 Å². The highest BCUT2D eigenvalue weighted by Crippen LogP contribution is 2.39. The van der Waals surface area contributed by atoms with Crippen molar-refractivity contribution in [1.29, 1.82) is 10.5 Å². The van der Waals surface area contributed by atoms with Gasteiger partial charge in [0.25, 0.3) is 0 Å². The molecule has 0 aliphatic carbocycles. The largest absolute Gasteiger partial charge is 0.455 e. The van der Waals surface area contributed by atoms with E-state index in [0.29, 0.717) is 22.7 Å². The van der Waals surface area contributed by atoms with Crippen LogP contribution in [-0.4, -0.2) is 0 Å². The zero-order valence-corrected chi connectivity index (χ0v) is 12.7. The molecular weight excluding hydrogens is 298 g/mol. The van der Waals surface area contributed by atoms with E-state index in [1.54, 1.807) is 30.3 Å². The van der Waals surface area contributed by atoms with E-state index < -0.39 is 0 Å². The van der Waals surface area contributed by atoms with Gasteiger partial charge in [-0.15, -0.1) is 0 Å². The minimum Gasteiger partial charge on any atom is -0.455 e. The Morgan fingerprint density at radius 1 is 0.750 bits per heavy atom. The molecule has 3 rings (SSSR count). The van der Waals surface area contributed by atoms with Crippen molar-refractivity contribution in [3.63, 3.8) is 0 Å². The third-order valence-electron chi connectivity index (χ3n) is 3.60. The summed E-state index contributed by atoms with van der Waals surface area (Å²) < 4.78 is 5.95. The van der Waals surface area contributed by atoms with Crippen molar-refractivity contribution < 1.29 is 4.74 Å². The first-order chi connectivity index (χ1) is 11.7. The van der Waals surface area contributed by atoms with Crippen LogP contribution in [0.5, 0.6) is 11.5 Å². The maximum atomic E-state index is 9.54. The van der Waals surface area contributed by atoms with Crippen molar-refractivity contribution >= 4 is 5.69 Å². The highest BCUT2D eigenvalue weighted by molar-refractivity contribution is 5.83. The summed E-state index contributed by atoms with van der Waals surface area (Å²) in [6.07, 6.45) is 0. The molecule has 0 saturated heterocycles. The third kappa shape index (κ3) is 2.77. The average molecular weight is 311 g/mol. The first-order valence-electron chi connectivity index (χ1n) is 7.29. The molecular formula is C20H13N3O. The van der Waals surface area contributed by atoms with Gasteiger partial charge in [-0.2, -0.15) is 10.5 Å². The number of nitrogens with zero attached hydrogens (tertiary/aromatic N) is 2. The molecule has 4 heteroatoms. The molecule has 0 fully saturated rings. The Bertz CT molecular complexity index is 966. The van der Waals surface area contributed by atoms with Crippen LogP contribution in [0.25, 0.3) is 11.1 Å². The number of nitriles is 2. The van der Waals surface area contributed by atoms with E-state index in [1.165, 1.54) is 0 Å². The van der Waals surface area contributed by atoms with Gasteiger partial charge >= 0.3 is 0 Å². The van der Waals surface area contributed by atoms with E-state index in [1.807, 2.05) is 42.5 Å². The Morgan fingerprint density at radius 3 is 2.12 bits per heavy atom. The van der Waals surface area contributed by atoms with Crippen molar-refractivity contribution in [2.24, 2.45) is 0 Å². The number of hydrogen-bond acceptors (Lipinski definition) is 4. The van der Waals surface area contributed by atoms with Crippen molar-refractivity contribution in [2.45, 2.75) is 0 Å². The number of benzene rings is 3. The molecule has 24 heavy (non-hydrogen) atoms. The van der Waals surface area contributed by atoms with Gasteiger partial charge in [-0.3, -0.25) is 0 Å². The van der Waals surface area contributed by atoms with E-state index in [-0.39, 0.29) is 11.1 Å². The molecule has 0 amide bonds. The smallest absolute Gasteiger partial charge is 0.154 e. The van der Waals surface area contributed by atoms with E-state index in [2.05, 4.69) is 6.07 Å². The Balaban J connectivity index is 2.25. The minimum atomic E-state index is 0.196.